The first-order valence-corrected chi connectivity index (χ1v) is 6.52. The van der Waals surface area contributed by atoms with Crippen molar-refractivity contribution in [1.29, 1.82) is 0 Å². The lowest BCUT2D eigenvalue weighted by atomic mass is 10.2. The lowest BCUT2D eigenvalue weighted by Gasteiger charge is -2.19. The Hall–Kier alpha value is -1.62. The van der Waals surface area contributed by atoms with Crippen LogP contribution in [0.5, 0.6) is 0 Å². The van der Waals surface area contributed by atoms with Gasteiger partial charge in [-0.15, -0.1) is 0 Å². The molecule has 2 rings (SSSR count). The third kappa shape index (κ3) is 1.98. The molecule has 1 aromatic carbocycles. The molecule has 0 amide bonds. The van der Waals surface area contributed by atoms with Crippen LogP contribution < -0.4 is 0 Å². The smallest absolute Gasteiger partial charge is 0.264 e. The van der Waals surface area contributed by atoms with Crippen molar-refractivity contribution >= 4 is 10.0 Å². The molecule has 0 saturated carbocycles. The van der Waals surface area contributed by atoms with Crippen LogP contribution in [0.4, 0.5) is 4.39 Å². The van der Waals surface area contributed by atoms with Crippen LogP contribution in [-0.2, 0) is 10.0 Å². The van der Waals surface area contributed by atoms with Gasteiger partial charge in [-0.3, -0.25) is 4.31 Å². The summed E-state index contributed by atoms with van der Waals surface area (Å²) in [6, 6.07) is 4.75. The molecule has 1 aromatic rings. The van der Waals surface area contributed by atoms with Crippen LogP contribution in [0.1, 0.15) is 6.42 Å². The number of hydrogen-bond donors (Lipinski definition) is 0. The highest BCUT2D eigenvalue weighted by Gasteiger charge is 2.30. The first-order chi connectivity index (χ1) is 7.93. The Morgan fingerprint density at radius 1 is 1.18 bits per heavy atom. The Balaban J connectivity index is 2.41. The minimum absolute atomic E-state index is 0.0646. The van der Waals surface area contributed by atoms with Gasteiger partial charge in [0.2, 0.25) is 0 Å². The molecule has 0 N–H and O–H groups in total. The summed E-state index contributed by atoms with van der Waals surface area (Å²) in [6.45, 7) is 7.78. The van der Waals surface area contributed by atoms with Gasteiger partial charge in [0.05, 0.1) is 4.90 Å². The van der Waals surface area contributed by atoms with Gasteiger partial charge in [-0.1, -0.05) is 13.2 Å². The van der Waals surface area contributed by atoms with Gasteiger partial charge in [-0.2, -0.15) is 0 Å². The van der Waals surface area contributed by atoms with Gasteiger partial charge >= 0.3 is 0 Å². The third-order valence-corrected chi connectivity index (χ3v) is 4.58. The molecule has 0 aromatic heterocycles. The highest BCUT2D eigenvalue weighted by Crippen LogP contribution is 2.30. The molecule has 0 bridgehead atoms. The maximum absolute atomic E-state index is 12.8. The van der Waals surface area contributed by atoms with Crippen molar-refractivity contribution in [1.82, 2.24) is 4.31 Å². The van der Waals surface area contributed by atoms with Crippen molar-refractivity contribution in [2.24, 2.45) is 0 Å². The summed E-state index contributed by atoms with van der Waals surface area (Å²) in [6.07, 6.45) is 0.583. The third-order valence-electron chi connectivity index (χ3n) is 2.73. The fraction of sp³-hybridized carbons (Fsp3) is 0.167. The summed E-state index contributed by atoms with van der Waals surface area (Å²) in [5.74, 6) is -0.464. The van der Waals surface area contributed by atoms with E-state index in [1.54, 1.807) is 0 Å². The second-order valence-electron chi connectivity index (χ2n) is 3.83. The average molecular weight is 253 g/mol. The quantitative estimate of drug-likeness (QED) is 0.811. The van der Waals surface area contributed by atoms with E-state index in [4.69, 9.17) is 0 Å². The summed E-state index contributed by atoms with van der Waals surface area (Å²) >= 11 is 0. The van der Waals surface area contributed by atoms with Gasteiger partial charge in [-0.05, 0) is 36.3 Å². The van der Waals surface area contributed by atoms with Crippen LogP contribution in [0, 0.1) is 5.82 Å². The van der Waals surface area contributed by atoms with Crippen molar-refractivity contribution in [3.05, 3.63) is 54.5 Å². The molecular weight excluding hydrogens is 241 g/mol. The normalized spacial score (nSPS) is 16.6. The first kappa shape index (κ1) is 11.9. The van der Waals surface area contributed by atoms with E-state index in [1.165, 1.54) is 16.4 Å². The second-order valence-corrected chi connectivity index (χ2v) is 5.69. The van der Waals surface area contributed by atoms with Gasteiger partial charge < -0.3 is 0 Å². The minimum atomic E-state index is -3.63. The molecule has 5 heteroatoms. The average Bonchev–Trinajstić information content (AvgIpc) is 2.61. The van der Waals surface area contributed by atoms with Gasteiger partial charge in [-0.25, -0.2) is 12.8 Å². The van der Waals surface area contributed by atoms with Gasteiger partial charge in [0.1, 0.15) is 5.82 Å². The van der Waals surface area contributed by atoms with Gasteiger partial charge in [0.15, 0.2) is 0 Å². The molecule has 0 radical (unpaired) electrons. The predicted molar refractivity (Wildman–Crippen MR) is 63.2 cm³/mol. The van der Waals surface area contributed by atoms with E-state index in [0.717, 1.165) is 17.7 Å². The maximum atomic E-state index is 12.8. The van der Waals surface area contributed by atoms with E-state index in [-0.39, 0.29) is 4.90 Å². The van der Waals surface area contributed by atoms with Gasteiger partial charge in [0.25, 0.3) is 10.0 Å². The van der Waals surface area contributed by atoms with Crippen LogP contribution in [0.15, 0.2) is 53.6 Å². The standard InChI is InChI=1S/C12H12FNO2S/c1-9-7-8-14(10(9)2)17(15,16)12-5-3-11(13)4-6-12/h3-6H,1-2,7-8H2. The molecule has 0 spiro atoms. The minimum Gasteiger partial charge on any atom is -0.266 e. The monoisotopic (exact) mass is 253 g/mol. The summed E-state index contributed by atoms with van der Waals surface area (Å²) in [4.78, 5) is 0.0646. The molecule has 0 atom stereocenters. The van der Waals surface area contributed by atoms with Crippen molar-refractivity contribution in [3.8, 4) is 0 Å². The summed E-state index contributed by atoms with van der Waals surface area (Å²) in [5.41, 5.74) is 1.13. The number of nitrogens with zero attached hydrogens (tertiary/aromatic N) is 1. The molecule has 90 valence electrons. The maximum Gasteiger partial charge on any atom is 0.264 e. The fourth-order valence-electron chi connectivity index (χ4n) is 1.69. The molecule has 0 unspecified atom stereocenters. The van der Waals surface area contributed by atoms with Crippen LogP contribution in [0.25, 0.3) is 0 Å². The van der Waals surface area contributed by atoms with Crippen LogP contribution in [-0.4, -0.2) is 19.3 Å². The van der Waals surface area contributed by atoms with Crippen molar-refractivity contribution in [3.63, 3.8) is 0 Å². The Labute approximate surface area is 99.9 Å². The summed E-state index contributed by atoms with van der Waals surface area (Å²) < 4.78 is 38.4. The molecule has 1 heterocycles. The molecule has 1 fully saturated rings. The Morgan fingerprint density at radius 3 is 2.24 bits per heavy atom. The topological polar surface area (TPSA) is 37.4 Å². The number of allylic oxidation sites excluding steroid dienone is 1. The van der Waals surface area contributed by atoms with E-state index >= 15 is 0 Å². The highest BCUT2D eigenvalue weighted by molar-refractivity contribution is 7.89. The van der Waals surface area contributed by atoms with E-state index in [9.17, 15) is 12.8 Å². The van der Waals surface area contributed by atoms with Crippen molar-refractivity contribution in [2.75, 3.05) is 6.54 Å². The zero-order chi connectivity index (χ0) is 12.6. The zero-order valence-electron chi connectivity index (χ0n) is 9.19. The molecule has 1 saturated heterocycles. The van der Waals surface area contributed by atoms with E-state index in [2.05, 4.69) is 13.2 Å². The number of hydrogen-bond acceptors (Lipinski definition) is 2. The summed E-state index contributed by atoms with van der Waals surface area (Å²) in [5, 5.41) is 0. The molecule has 0 aliphatic carbocycles. The molecule has 1 aliphatic rings. The Kier molecular flexibility index (Phi) is 2.79. The predicted octanol–water partition coefficient (Wildman–Crippen LogP) is 2.29. The summed E-state index contributed by atoms with van der Waals surface area (Å²) in [7, 11) is -3.63. The molecule has 3 nitrogen and oxygen atoms in total. The van der Waals surface area contributed by atoms with Gasteiger partial charge in [0, 0.05) is 12.2 Å². The molecular formula is C12H12FNO2S. The first-order valence-electron chi connectivity index (χ1n) is 5.08. The lowest BCUT2D eigenvalue weighted by molar-refractivity contribution is 0.511. The second kappa shape index (κ2) is 4.00. The van der Waals surface area contributed by atoms with E-state index in [0.29, 0.717) is 18.7 Å². The lowest BCUT2D eigenvalue weighted by Crippen LogP contribution is -2.26. The molecule has 17 heavy (non-hydrogen) atoms. The van der Waals surface area contributed by atoms with E-state index < -0.39 is 15.8 Å². The largest absolute Gasteiger partial charge is 0.266 e. The van der Waals surface area contributed by atoms with Crippen LogP contribution >= 0.6 is 0 Å². The van der Waals surface area contributed by atoms with E-state index in [1.807, 2.05) is 0 Å². The van der Waals surface area contributed by atoms with Crippen LogP contribution in [0.3, 0.4) is 0 Å². The fourth-order valence-corrected chi connectivity index (χ4v) is 3.18. The number of rotatable bonds is 2. The number of halogens is 1. The SMILES string of the molecule is C=C1CCN(S(=O)(=O)c2ccc(F)cc2)C1=C. The zero-order valence-corrected chi connectivity index (χ0v) is 10.0. The van der Waals surface area contributed by atoms with Crippen LogP contribution in [0.2, 0.25) is 0 Å². The highest BCUT2D eigenvalue weighted by atomic mass is 32.2. The number of benzene rings is 1. The Bertz CT molecular complexity index is 575. The number of sulfonamides is 1. The van der Waals surface area contributed by atoms with Crippen molar-refractivity contribution < 1.29 is 12.8 Å². The Morgan fingerprint density at radius 2 is 1.76 bits per heavy atom. The molecule has 1 aliphatic heterocycles. The van der Waals surface area contributed by atoms with Crippen molar-refractivity contribution in [2.45, 2.75) is 11.3 Å².